The highest BCUT2D eigenvalue weighted by molar-refractivity contribution is 7.86. The van der Waals surface area contributed by atoms with E-state index in [2.05, 4.69) is 0 Å². The SMILES string of the molecule is CCC1(OS(C)(=O)=O)CCCCC1. The molecule has 0 saturated heterocycles. The molecule has 0 unspecified atom stereocenters. The fourth-order valence-electron chi connectivity index (χ4n) is 2.01. The second-order valence-corrected chi connectivity index (χ2v) is 5.46. The summed E-state index contributed by atoms with van der Waals surface area (Å²) in [5.41, 5.74) is -0.383. The van der Waals surface area contributed by atoms with Crippen LogP contribution in [0.5, 0.6) is 0 Å². The Morgan fingerprint density at radius 2 is 1.77 bits per heavy atom. The van der Waals surface area contributed by atoms with Crippen LogP contribution in [-0.4, -0.2) is 20.3 Å². The zero-order valence-corrected chi connectivity index (χ0v) is 9.19. The number of hydrogen-bond donors (Lipinski definition) is 0. The van der Waals surface area contributed by atoms with E-state index in [0.29, 0.717) is 0 Å². The summed E-state index contributed by atoms with van der Waals surface area (Å²) in [6.07, 6.45) is 7.08. The molecule has 3 nitrogen and oxygen atoms in total. The fourth-order valence-corrected chi connectivity index (χ4v) is 2.94. The molecular formula is C9H18O3S. The highest BCUT2D eigenvalue weighted by Gasteiger charge is 2.34. The van der Waals surface area contributed by atoms with Crippen LogP contribution in [0.15, 0.2) is 0 Å². The van der Waals surface area contributed by atoms with Crippen LogP contribution in [0.25, 0.3) is 0 Å². The van der Waals surface area contributed by atoms with Crippen molar-refractivity contribution in [2.45, 2.75) is 51.0 Å². The van der Waals surface area contributed by atoms with E-state index in [1.54, 1.807) is 0 Å². The van der Waals surface area contributed by atoms with Crippen LogP contribution in [0, 0.1) is 0 Å². The van der Waals surface area contributed by atoms with Crippen LogP contribution in [-0.2, 0) is 14.3 Å². The van der Waals surface area contributed by atoms with Crippen molar-refractivity contribution in [3.63, 3.8) is 0 Å². The summed E-state index contributed by atoms with van der Waals surface area (Å²) in [6, 6.07) is 0. The molecule has 0 spiro atoms. The minimum atomic E-state index is -3.29. The molecule has 0 aromatic rings. The molecule has 78 valence electrons. The van der Waals surface area contributed by atoms with E-state index in [4.69, 9.17) is 4.18 Å². The minimum absolute atomic E-state index is 0.383. The van der Waals surface area contributed by atoms with Crippen LogP contribution >= 0.6 is 0 Å². The van der Waals surface area contributed by atoms with Crippen LogP contribution in [0.2, 0.25) is 0 Å². The van der Waals surface area contributed by atoms with E-state index in [-0.39, 0.29) is 5.60 Å². The molecule has 0 aromatic carbocycles. The summed E-state index contributed by atoms with van der Waals surface area (Å²) >= 11 is 0. The zero-order valence-electron chi connectivity index (χ0n) is 8.38. The smallest absolute Gasteiger partial charge is 0.264 e. The molecule has 1 aliphatic rings. The number of rotatable bonds is 3. The largest absolute Gasteiger partial charge is 0.264 e. The van der Waals surface area contributed by atoms with Gasteiger partial charge in [-0.05, 0) is 19.3 Å². The quantitative estimate of drug-likeness (QED) is 0.664. The molecule has 0 heterocycles. The average molecular weight is 206 g/mol. The molecule has 4 heteroatoms. The van der Waals surface area contributed by atoms with Gasteiger partial charge in [-0.2, -0.15) is 8.42 Å². The molecule has 0 aromatic heterocycles. The van der Waals surface area contributed by atoms with Gasteiger partial charge < -0.3 is 0 Å². The van der Waals surface area contributed by atoms with E-state index in [1.807, 2.05) is 6.92 Å². The van der Waals surface area contributed by atoms with E-state index in [9.17, 15) is 8.42 Å². The Morgan fingerprint density at radius 1 is 1.23 bits per heavy atom. The first-order chi connectivity index (χ1) is 5.97. The van der Waals surface area contributed by atoms with Gasteiger partial charge in [0.1, 0.15) is 0 Å². The molecule has 0 amide bonds. The lowest BCUT2D eigenvalue weighted by Crippen LogP contribution is -2.36. The molecule has 1 saturated carbocycles. The van der Waals surface area contributed by atoms with Crippen LogP contribution in [0.1, 0.15) is 45.4 Å². The Labute approximate surface area is 80.6 Å². The third-order valence-electron chi connectivity index (χ3n) is 2.74. The Hall–Kier alpha value is -0.0900. The van der Waals surface area contributed by atoms with Crippen molar-refractivity contribution in [1.82, 2.24) is 0 Å². The Bertz CT molecular complexity index is 250. The topological polar surface area (TPSA) is 43.4 Å². The Balaban J connectivity index is 2.68. The minimum Gasteiger partial charge on any atom is -0.264 e. The van der Waals surface area contributed by atoms with Gasteiger partial charge in [0, 0.05) is 0 Å². The van der Waals surface area contributed by atoms with Crippen molar-refractivity contribution in [3.05, 3.63) is 0 Å². The molecule has 1 fully saturated rings. The lowest BCUT2D eigenvalue weighted by atomic mass is 9.83. The average Bonchev–Trinajstić information content (AvgIpc) is 2.03. The van der Waals surface area contributed by atoms with E-state index >= 15 is 0 Å². The van der Waals surface area contributed by atoms with Crippen molar-refractivity contribution in [2.75, 3.05) is 6.26 Å². The molecule has 1 rings (SSSR count). The van der Waals surface area contributed by atoms with Crippen molar-refractivity contribution >= 4 is 10.1 Å². The maximum atomic E-state index is 11.0. The van der Waals surface area contributed by atoms with Crippen molar-refractivity contribution < 1.29 is 12.6 Å². The Morgan fingerprint density at radius 3 is 2.15 bits per heavy atom. The molecule has 0 radical (unpaired) electrons. The first-order valence-electron chi connectivity index (χ1n) is 4.88. The van der Waals surface area contributed by atoms with Crippen molar-refractivity contribution in [1.29, 1.82) is 0 Å². The van der Waals surface area contributed by atoms with Gasteiger partial charge in [0.15, 0.2) is 0 Å². The predicted molar refractivity (Wildman–Crippen MR) is 52.0 cm³/mol. The van der Waals surface area contributed by atoms with E-state index < -0.39 is 10.1 Å². The molecular weight excluding hydrogens is 188 g/mol. The lowest BCUT2D eigenvalue weighted by molar-refractivity contribution is 0.0343. The normalized spacial score (nSPS) is 22.9. The van der Waals surface area contributed by atoms with Gasteiger partial charge in [0.05, 0.1) is 11.9 Å². The maximum absolute atomic E-state index is 11.0. The van der Waals surface area contributed by atoms with Gasteiger partial charge >= 0.3 is 0 Å². The summed E-state index contributed by atoms with van der Waals surface area (Å²) in [5.74, 6) is 0. The third kappa shape index (κ3) is 3.27. The van der Waals surface area contributed by atoms with Gasteiger partial charge in [0.25, 0.3) is 10.1 Å². The summed E-state index contributed by atoms with van der Waals surface area (Å²) < 4.78 is 27.3. The second-order valence-electron chi connectivity index (χ2n) is 3.88. The molecule has 0 aliphatic heterocycles. The summed E-state index contributed by atoms with van der Waals surface area (Å²) in [6.45, 7) is 2.00. The van der Waals surface area contributed by atoms with Gasteiger partial charge in [-0.25, -0.2) is 0 Å². The molecule has 0 atom stereocenters. The van der Waals surface area contributed by atoms with Crippen molar-refractivity contribution in [3.8, 4) is 0 Å². The molecule has 0 N–H and O–H groups in total. The zero-order chi connectivity index (χ0) is 9.95. The van der Waals surface area contributed by atoms with Gasteiger partial charge in [-0.1, -0.05) is 26.2 Å². The van der Waals surface area contributed by atoms with Gasteiger partial charge in [-0.15, -0.1) is 0 Å². The fraction of sp³-hybridized carbons (Fsp3) is 1.00. The monoisotopic (exact) mass is 206 g/mol. The van der Waals surface area contributed by atoms with E-state index in [1.165, 1.54) is 6.42 Å². The van der Waals surface area contributed by atoms with Crippen LogP contribution < -0.4 is 0 Å². The lowest BCUT2D eigenvalue weighted by Gasteiger charge is -2.34. The van der Waals surface area contributed by atoms with Gasteiger partial charge in [-0.3, -0.25) is 4.18 Å². The standard InChI is InChI=1S/C9H18O3S/c1-3-9(12-13(2,10)11)7-5-4-6-8-9/h3-8H2,1-2H3. The first-order valence-corrected chi connectivity index (χ1v) is 6.70. The summed E-state index contributed by atoms with van der Waals surface area (Å²) in [4.78, 5) is 0. The highest BCUT2D eigenvalue weighted by Crippen LogP contribution is 2.35. The molecule has 0 bridgehead atoms. The highest BCUT2D eigenvalue weighted by atomic mass is 32.2. The molecule has 13 heavy (non-hydrogen) atoms. The van der Waals surface area contributed by atoms with Crippen molar-refractivity contribution in [2.24, 2.45) is 0 Å². The third-order valence-corrected chi connectivity index (χ3v) is 3.39. The second kappa shape index (κ2) is 3.96. The summed E-state index contributed by atoms with van der Waals surface area (Å²) in [7, 11) is -3.29. The predicted octanol–water partition coefficient (Wildman–Crippen LogP) is 2.08. The molecule has 1 aliphatic carbocycles. The Kier molecular flexibility index (Phi) is 3.35. The summed E-state index contributed by atoms with van der Waals surface area (Å²) in [5, 5.41) is 0. The number of hydrogen-bond acceptors (Lipinski definition) is 3. The van der Waals surface area contributed by atoms with E-state index in [0.717, 1.165) is 38.4 Å². The first kappa shape index (κ1) is 11.0. The van der Waals surface area contributed by atoms with Crippen LogP contribution in [0.4, 0.5) is 0 Å². The van der Waals surface area contributed by atoms with Crippen LogP contribution in [0.3, 0.4) is 0 Å². The van der Waals surface area contributed by atoms with Gasteiger partial charge in [0.2, 0.25) is 0 Å². The maximum Gasteiger partial charge on any atom is 0.264 e.